The summed E-state index contributed by atoms with van der Waals surface area (Å²) in [6.07, 6.45) is 5.75. The molecular weight excluding hydrogens is 218 g/mol. The van der Waals surface area contributed by atoms with Crippen molar-refractivity contribution in [2.75, 3.05) is 6.26 Å². The van der Waals surface area contributed by atoms with Gasteiger partial charge in [-0.15, -0.1) is 5.10 Å². The van der Waals surface area contributed by atoms with Crippen LogP contribution in [-0.4, -0.2) is 21.0 Å². The lowest BCUT2D eigenvalue weighted by Gasteiger charge is -2.05. The summed E-state index contributed by atoms with van der Waals surface area (Å²) in [4.78, 5) is 4.20. The molecule has 0 unspecified atom stereocenters. The third kappa shape index (κ3) is 2.17. The molecule has 3 nitrogen and oxygen atoms in total. The number of rotatable bonds is 3. The Labute approximate surface area is 99.2 Å². The Morgan fingerprint density at radius 2 is 2.06 bits per heavy atom. The van der Waals surface area contributed by atoms with Crippen molar-refractivity contribution in [3.8, 4) is 0 Å². The topological polar surface area (TPSA) is 30.7 Å². The van der Waals surface area contributed by atoms with Gasteiger partial charge in [0.1, 0.15) is 6.33 Å². The van der Waals surface area contributed by atoms with E-state index >= 15 is 0 Å². The molecule has 0 bridgehead atoms. The van der Waals surface area contributed by atoms with Gasteiger partial charge < -0.3 is 0 Å². The minimum Gasteiger partial charge on any atom is -0.220 e. The molecule has 2 aromatic rings. The lowest BCUT2D eigenvalue weighted by Crippen LogP contribution is -1.99. The lowest BCUT2D eigenvalue weighted by molar-refractivity contribution is 0.853. The summed E-state index contributed by atoms with van der Waals surface area (Å²) in [5.74, 6) is 0. The van der Waals surface area contributed by atoms with Crippen molar-refractivity contribution in [2.24, 2.45) is 0 Å². The van der Waals surface area contributed by atoms with Crippen LogP contribution in [0.25, 0.3) is 5.70 Å². The first-order valence-electron chi connectivity index (χ1n) is 5.03. The van der Waals surface area contributed by atoms with E-state index in [1.54, 1.807) is 22.8 Å². The molecule has 82 valence electrons. The number of nitrogens with zero attached hydrogens (tertiary/aromatic N) is 3. The van der Waals surface area contributed by atoms with Gasteiger partial charge in [0.05, 0.1) is 5.70 Å². The summed E-state index contributed by atoms with van der Waals surface area (Å²) in [5, 5.41) is 5.16. The van der Waals surface area contributed by atoms with Gasteiger partial charge in [0.25, 0.3) is 0 Å². The predicted molar refractivity (Wildman–Crippen MR) is 67.3 cm³/mol. The van der Waals surface area contributed by atoms with Gasteiger partial charge in [0.2, 0.25) is 5.16 Å². The molecule has 0 fully saturated rings. The fraction of sp³-hybridized carbons (Fsp3) is 0.167. The highest BCUT2D eigenvalue weighted by molar-refractivity contribution is 7.98. The van der Waals surface area contributed by atoms with E-state index in [9.17, 15) is 0 Å². The average Bonchev–Trinajstić information content (AvgIpc) is 2.80. The van der Waals surface area contributed by atoms with Crippen molar-refractivity contribution in [1.29, 1.82) is 0 Å². The van der Waals surface area contributed by atoms with Crippen LogP contribution in [0.5, 0.6) is 0 Å². The van der Waals surface area contributed by atoms with Gasteiger partial charge in [-0.3, -0.25) is 0 Å². The highest BCUT2D eigenvalue weighted by Gasteiger charge is 2.05. The van der Waals surface area contributed by atoms with Crippen LogP contribution in [0.4, 0.5) is 0 Å². The normalized spacial score (nSPS) is 11.8. The first-order valence-corrected chi connectivity index (χ1v) is 6.25. The Kier molecular flexibility index (Phi) is 3.41. The molecule has 1 aromatic carbocycles. The lowest BCUT2D eigenvalue weighted by atomic mass is 10.1. The Bertz CT molecular complexity index is 488. The van der Waals surface area contributed by atoms with Gasteiger partial charge in [-0.1, -0.05) is 48.2 Å². The molecule has 0 saturated heterocycles. The minimum absolute atomic E-state index is 0.787. The quantitative estimate of drug-likeness (QED) is 0.761. The molecule has 4 heteroatoms. The van der Waals surface area contributed by atoms with Crippen LogP contribution in [-0.2, 0) is 0 Å². The highest BCUT2D eigenvalue weighted by atomic mass is 32.2. The number of thioether (sulfide) groups is 1. The summed E-state index contributed by atoms with van der Waals surface area (Å²) in [7, 11) is 0. The van der Waals surface area contributed by atoms with Gasteiger partial charge in [0, 0.05) is 0 Å². The van der Waals surface area contributed by atoms with Crippen molar-refractivity contribution < 1.29 is 0 Å². The van der Waals surface area contributed by atoms with E-state index in [4.69, 9.17) is 0 Å². The molecule has 0 aliphatic rings. The molecule has 0 aliphatic carbocycles. The second kappa shape index (κ2) is 4.99. The van der Waals surface area contributed by atoms with Crippen molar-refractivity contribution in [3.05, 3.63) is 48.3 Å². The Morgan fingerprint density at radius 1 is 1.31 bits per heavy atom. The summed E-state index contributed by atoms with van der Waals surface area (Å²) in [6, 6.07) is 10.2. The maximum atomic E-state index is 4.38. The molecule has 1 aromatic heterocycles. The predicted octanol–water partition coefficient (Wildman–Crippen LogP) is 2.91. The van der Waals surface area contributed by atoms with E-state index in [1.165, 1.54) is 0 Å². The molecule has 0 N–H and O–H groups in total. The van der Waals surface area contributed by atoms with Crippen LogP contribution in [0.15, 0.2) is 47.9 Å². The molecule has 16 heavy (non-hydrogen) atoms. The van der Waals surface area contributed by atoms with Crippen LogP contribution >= 0.6 is 11.8 Å². The second-order valence-electron chi connectivity index (χ2n) is 3.22. The molecule has 0 spiro atoms. The van der Waals surface area contributed by atoms with Gasteiger partial charge in [-0.2, -0.15) is 0 Å². The van der Waals surface area contributed by atoms with Crippen molar-refractivity contribution in [2.45, 2.75) is 12.1 Å². The van der Waals surface area contributed by atoms with Crippen LogP contribution in [0.1, 0.15) is 12.5 Å². The molecule has 0 aliphatic heterocycles. The van der Waals surface area contributed by atoms with E-state index < -0.39 is 0 Å². The monoisotopic (exact) mass is 231 g/mol. The summed E-state index contributed by atoms with van der Waals surface area (Å²) >= 11 is 1.54. The molecule has 0 radical (unpaired) electrons. The Hall–Kier alpha value is -1.55. The number of benzene rings is 1. The van der Waals surface area contributed by atoms with E-state index in [1.807, 2.05) is 37.5 Å². The third-order valence-electron chi connectivity index (χ3n) is 2.24. The highest BCUT2D eigenvalue weighted by Crippen LogP contribution is 2.17. The summed E-state index contributed by atoms with van der Waals surface area (Å²) in [5.41, 5.74) is 2.19. The third-order valence-corrected chi connectivity index (χ3v) is 2.80. The van der Waals surface area contributed by atoms with Crippen LogP contribution < -0.4 is 0 Å². The number of hydrogen-bond acceptors (Lipinski definition) is 3. The summed E-state index contributed by atoms with van der Waals surface area (Å²) in [6.45, 7) is 2.00. The van der Waals surface area contributed by atoms with Gasteiger partial charge in [0.15, 0.2) is 0 Å². The second-order valence-corrected chi connectivity index (χ2v) is 3.99. The zero-order chi connectivity index (χ0) is 11.4. The fourth-order valence-corrected chi connectivity index (χ4v) is 1.82. The van der Waals surface area contributed by atoms with Gasteiger partial charge in [-0.25, -0.2) is 9.67 Å². The van der Waals surface area contributed by atoms with Gasteiger partial charge >= 0.3 is 0 Å². The first kappa shape index (κ1) is 11.0. The number of aromatic nitrogens is 3. The Morgan fingerprint density at radius 3 is 2.62 bits per heavy atom. The van der Waals surface area contributed by atoms with Gasteiger partial charge in [-0.05, 0) is 18.7 Å². The number of hydrogen-bond donors (Lipinski definition) is 0. The fourth-order valence-electron chi connectivity index (χ4n) is 1.50. The van der Waals surface area contributed by atoms with E-state index in [-0.39, 0.29) is 0 Å². The molecule has 2 rings (SSSR count). The maximum Gasteiger partial charge on any atom is 0.208 e. The summed E-state index contributed by atoms with van der Waals surface area (Å²) < 4.78 is 1.81. The smallest absolute Gasteiger partial charge is 0.208 e. The Balaban J connectivity index is 2.38. The number of allylic oxidation sites excluding steroid dienone is 1. The van der Waals surface area contributed by atoms with Crippen LogP contribution in [0, 0.1) is 0 Å². The largest absolute Gasteiger partial charge is 0.220 e. The zero-order valence-electron chi connectivity index (χ0n) is 9.29. The molecule has 1 heterocycles. The first-order chi connectivity index (χ1) is 7.85. The standard InChI is InChI=1S/C12H13N3S/c1-3-11(10-7-5-4-6-8-10)15-9-13-12(14-15)16-2/h3-9H,1-2H3/b11-3+. The molecule has 0 amide bonds. The van der Waals surface area contributed by atoms with E-state index in [0.717, 1.165) is 16.4 Å². The SMILES string of the molecule is C/C=C(\c1ccccc1)n1cnc(SC)n1. The zero-order valence-corrected chi connectivity index (χ0v) is 10.1. The molecule has 0 saturated carbocycles. The van der Waals surface area contributed by atoms with Crippen molar-refractivity contribution in [3.63, 3.8) is 0 Å². The maximum absolute atomic E-state index is 4.38. The van der Waals surface area contributed by atoms with E-state index in [0.29, 0.717) is 0 Å². The van der Waals surface area contributed by atoms with Crippen molar-refractivity contribution >= 4 is 17.5 Å². The van der Waals surface area contributed by atoms with E-state index in [2.05, 4.69) is 22.2 Å². The minimum atomic E-state index is 0.787. The average molecular weight is 231 g/mol. The molecule has 0 atom stereocenters. The van der Waals surface area contributed by atoms with Crippen LogP contribution in [0.2, 0.25) is 0 Å². The van der Waals surface area contributed by atoms with Crippen molar-refractivity contribution in [1.82, 2.24) is 14.8 Å². The molecular formula is C12H13N3S. The van der Waals surface area contributed by atoms with Crippen LogP contribution in [0.3, 0.4) is 0 Å².